The molecule has 1 aliphatic heterocycles. The standard InChI is InChI=1S/C20H26N2O4/c1-20(2,3)15-6-4-13(5-7-15)10-16-11-14(8-9-22(16)19(24)25)17-12-18(23)21-26-17/h4-7,12,14,16H,8-11H2,1-3H3,(H,21,23)(H,24,25). The van der Waals surface area contributed by atoms with E-state index < -0.39 is 6.09 Å². The van der Waals surface area contributed by atoms with Gasteiger partial charge in [-0.05, 0) is 35.8 Å². The minimum atomic E-state index is -0.893. The van der Waals surface area contributed by atoms with Crippen LogP contribution in [0.5, 0.6) is 0 Å². The first kappa shape index (κ1) is 18.3. The van der Waals surface area contributed by atoms with Gasteiger partial charge in [-0.25, -0.2) is 4.79 Å². The summed E-state index contributed by atoms with van der Waals surface area (Å²) in [6.07, 6.45) is 1.07. The molecule has 140 valence electrons. The Labute approximate surface area is 152 Å². The third-order valence-electron chi connectivity index (χ3n) is 5.20. The number of benzene rings is 1. The Morgan fingerprint density at radius 1 is 1.31 bits per heavy atom. The highest BCUT2D eigenvalue weighted by molar-refractivity contribution is 5.65. The molecule has 0 aliphatic carbocycles. The Balaban J connectivity index is 1.77. The number of hydrogen-bond donors (Lipinski definition) is 2. The maximum absolute atomic E-state index is 11.6. The lowest BCUT2D eigenvalue weighted by molar-refractivity contribution is 0.0968. The van der Waals surface area contributed by atoms with Crippen molar-refractivity contribution in [2.24, 2.45) is 0 Å². The number of nitrogens with zero attached hydrogens (tertiary/aromatic N) is 1. The highest BCUT2D eigenvalue weighted by Crippen LogP contribution is 2.33. The van der Waals surface area contributed by atoms with E-state index in [0.717, 1.165) is 5.56 Å². The molecule has 6 heteroatoms. The number of H-pyrrole nitrogens is 1. The molecule has 1 fully saturated rings. The summed E-state index contributed by atoms with van der Waals surface area (Å²) in [6, 6.07) is 9.74. The molecule has 0 radical (unpaired) electrons. The van der Waals surface area contributed by atoms with Gasteiger partial charge in [0.05, 0.1) is 0 Å². The summed E-state index contributed by atoms with van der Waals surface area (Å²) in [7, 11) is 0. The highest BCUT2D eigenvalue weighted by atomic mass is 16.5. The van der Waals surface area contributed by atoms with Crippen molar-refractivity contribution in [2.45, 2.75) is 57.4 Å². The number of likely N-dealkylation sites (tertiary alicyclic amines) is 1. The van der Waals surface area contributed by atoms with Crippen LogP contribution in [0, 0.1) is 0 Å². The number of hydrogen-bond acceptors (Lipinski definition) is 3. The second-order valence-corrected chi connectivity index (χ2v) is 8.12. The molecule has 1 aromatic carbocycles. The van der Waals surface area contributed by atoms with Gasteiger partial charge in [0.15, 0.2) is 0 Å². The van der Waals surface area contributed by atoms with Gasteiger partial charge in [0, 0.05) is 24.6 Å². The molecule has 26 heavy (non-hydrogen) atoms. The molecular weight excluding hydrogens is 332 g/mol. The number of rotatable bonds is 3. The van der Waals surface area contributed by atoms with Gasteiger partial charge in [-0.15, -0.1) is 0 Å². The zero-order valence-electron chi connectivity index (χ0n) is 15.5. The summed E-state index contributed by atoms with van der Waals surface area (Å²) in [5.74, 6) is 0.677. The van der Waals surface area contributed by atoms with Crippen LogP contribution in [0.4, 0.5) is 4.79 Å². The van der Waals surface area contributed by atoms with Crippen molar-refractivity contribution < 1.29 is 14.4 Å². The van der Waals surface area contributed by atoms with Crippen molar-refractivity contribution in [1.82, 2.24) is 10.1 Å². The largest absolute Gasteiger partial charge is 0.465 e. The van der Waals surface area contributed by atoms with Gasteiger partial charge in [-0.3, -0.25) is 4.79 Å². The normalized spacial score (nSPS) is 21.0. The molecule has 2 aromatic rings. The van der Waals surface area contributed by atoms with Crippen LogP contribution in [-0.4, -0.2) is 33.8 Å². The SMILES string of the molecule is CC(C)(C)c1ccc(CC2CC(c3cc(=O)[nH]o3)CCN2C(=O)O)cc1. The lowest BCUT2D eigenvalue weighted by Crippen LogP contribution is -2.46. The molecule has 2 unspecified atom stereocenters. The summed E-state index contributed by atoms with van der Waals surface area (Å²) in [5.41, 5.74) is 2.21. The van der Waals surface area contributed by atoms with Crippen LogP contribution in [-0.2, 0) is 11.8 Å². The quantitative estimate of drug-likeness (QED) is 0.875. The minimum Gasteiger partial charge on any atom is -0.465 e. The first-order valence-corrected chi connectivity index (χ1v) is 9.01. The summed E-state index contributed by atoms with van der Waals surface area (Å²) < 4.78 is 5.25. The molecule has 6 nitrogen and oxygen atoms in total. The Morgan fingerprint density at radius 2 is 2.00 bits per heavy atom. The molecule has 2 N–H and O–H groups in total. The van der Waals surface area contributed by atoms with Crippen LogP contribution < -0.4 is 5.56 Å². The Kier molecular flexibility index (Phi) is 4.94. The molecule has 2 atom stereocenters. The van der Waals surface area contributed by atoms with Crippen molar-refractivity contribution in [1.29, 1.82) is 0 Å². The lowest BCUT2D eigenvalue weighted by atomic mass is 9.84. The summed E-state index contributed by atoms with van der Waals surface area (Å²) in [6.45, 7) is 6.96. The Hall–Kier alpha value is -2.50. The second kappa shape index (κ2) is 7.02. The number of nitrogens with one attached hydrogen (secondary N) is 1. The van der Waals surface area contributed by atoms with E-state index in [9.17, 15) is 14.7 Å². The highest BCUT2D eigenvalue weighted by Gasteiger charge is 2.33. The number of carbonyl (C=O) groups is 1. The maximum Gasteiger partial charge on any atom is 0.407 e. The molecule has 3 rings (SSSR count). The molecule has 2 heterocycles. The van der Waals surface area contributed by atoms with Crippen molar-refractivity contribution in [3.63, 3.8) is 0 Å². The van der Waals surface area contributed by atoms with Crippen LogP contribution in [0.25, 0.3) is 0 Å². The average Bonchev–Trinajstić information content (AvgIpc) is 3.01. The number of carboxylic acid groups (broad SMARTS) is 1. The predicted octanol–water partition coefficient (Wildman–Crippen LogP) is 3.73. The van der Waals surface area contributed by atoms with Gasteiger partial charge < -0.3 is 14.5 Å². The molecule has 1 aromatic heterocycles. The van der Waals surface area contributed by atoms with E-state index in [4.69, 9.17) is 4.52 Å². The molecule has 1 saturated heterocycles. The van der Waals surface area contributed by atoms with Crippen molar-refractivity contribution >= 4 is 6.09 Å². The smallest absolute Gasteiger partial charge is 0.407 e. The predicted molar refractivity (Wildman–Crippen MR) is 98.7 cm³/mol. The third-order valence-corrected chi connectivity index (χ3v) is 5.20. The first-order chi connectivity index (χ1) is 12.2. The second-order valence-electron chi connectivity index (χ2n) is 8.12. The van der Waals surface area contributed by atoms with Gasteiger partial charge in [0.25, 0.3) is 5.56 Å². The molecule has 0 saturated carbocycles. The summed E-state index contributed by atoms with van der Waals surface area (Å²) >= 11 is 0. The van der Waals surface area contributed by atoms with Gasteiger partial charge in [-0.2, -0.15) is 5.16 Å². The van der Waals surface area contributed by atoms with Gasteiger partial charge in [-0.1, -0.05) is 45.0 Å². The van der Waals surface area contributed by atoms with Crippen molar-refractivity contribution in [3.8, 4) is 0 Å². The van der Waals surface area contributed by atoms with Gasteiger partial charge in [0.1, 0.15) is 5.76 Å². The fourth-order valence-electron chi connectivity index (χ4n) is 3.67. The van der Waals surface area contributed by atoms with E-state index >= 15 is 0 Å². The molecular formula is C20H26N2O4. The van der Waals surface area contributed by atoms with E-state index in [-0.39, 0.29) is 22.9 Å². The van der Waals surface area contributed by atoms with Crippen molar-refractivity contribution in [3.05, 3.63) is 57.6 Å². The molecule has 0 spiro atoms. The third kappa shape index (κ3) is 4.00. The Morgan fingerprint density at radius 3 is 2.54 bits per heavy atom. The number of aromatic amines is 1. The van der Waals surface area contributed by atoms with Crippen LogP contribution in [0.2, 0.25) is 0 Å². The van der Waals surface area contributed by atoms with Crippen molar-refractivity contribution in [2.75, 3.05) is 6.54 Å². The van der Waals surface area contributed by atoms with Crippen LogP contribution in [0.3, 0.4) is 0 Å². The molecule has 1 amide bonds. The summed E-state index contributed by atoms with van der Waals surface area (Å²) in [5, 5.41) is 11.9. The summed E-state index contributed by atoms with van der Waals surface area (Å²) in [4.78, 5) is 24.5. The number of piperidine rings is 1. The lowest BCUT2D eigenvalue weighted by Gasteiger charge is -2.37. The van der Waals surface area contributed by atoms with Gasteiger partial charge in [0.2, 0.25) is 0 Å². The first-order valence-electron chi connectivity index (χ1n) is 9.01. The fraction of sp³-hybridized carbons (Fsp3) is 0.500. The zero-order valence-corrected chi connectivity index (χ0v) is 15.5. The maximum atomic E-state index is 11.6. The van der Waals surface area contributed by atoms with Gasteiger partial charge >= 0.3 is 6.09 Å². The van der Waals surface area contributed by atoms with Crippen LogP contribution in [0.1, 0.15) is 56.4 Å². The fourth-order valence-corrected chi connectivity index (χ4v) is 3.67. The number of amides is 1. The monoisotopic (exact) mass is 358 g/mol. The Bertz CT molecular complexity index is 813. The van der Waals surface area contributed by atoms with E-state index in [1.54, 1.807) is 0 Å². The topological polar surface area (TPSA) is 86.5 Å². The molecule has 0 bridgehead atoms. The minimum absolute atomic E-state index is 0.0587. The van der Waals surface area contributed by atoms with E-state index in [1.807, 2.05) is 0 Å². The van der Waals surface area contributed by atoms with Crippen LogP contribution in [0.15, 0.2) is 39.6 Å². The van der Waals surface area contributed by atoms with E-state index in [2.05, 4.69) is 50.2 Å². The van der Waals surface area contributed by atoms with E-state index in [0.29, 0.717) is 31.6 Å². The van der Waals surface area contributed by atoms with E-state index in [1.165, 1.54) is 16.5 Å². The van der Waals surface area contributed by atoms with Crippen LogP contribution >= 0.6 is 0 Å². The molecule has 1 aliphatic rings. The zero-order chi connectivity index (χ0) is 18.9. The number of aromatic nitrogens is 1. The average molecular weight is 358 g/mol.